The monoisotopic (exact) mass is 459 g/mol. The highest BCUT2D eigenvalue weighted by atomic mass is 16.7. The topological polar surface area (TPSA) is 63.3 Å². The van der Waals surface area contributed by atoms with Crippen LogP contribution in [-0.2, 0) is 11.3 Å². The molecule has 1 amide bonds. The maximum Gasteiger partial charge on any atom is 0.407 e. The van der Waals surface area contributed by atoms with Gasteiger partial charge in [0, 0.05) is 38.4 Å². The molecule has 0 aromatic heterocycles. The first-order valence-electron chi connectivity index (χ1n) is 11.6. The number of piperazine rings is 1. The summed E-state index contributed by atoms with van der Waals surface area (Å²) < 4.78 is 16.5. The number of carbonyl (C=O) groups is 1. The molecule has 5 rings (SSSR count). The predicted octanol–water partition coefficient (Wildman–Crippen LogP) is 4.21. The van der Waals surface area contributed by atoms with Crippen LogP contribution in [0.4, 0.5) is 10.5 Å². The van der Waals surface area contributed by atoms with Gasteiger partial charge in [-0.05, 0) is 35.4 Å². The average molecular weight is 460 g/mol. The molecule has 3 aromatic carbocycles. The Morgan fingerprint density at radius 2 is 1.59 bits per heavy atom. The predicted molar refractivity (Wildman–Crippen MR) is 130 cm³/mol. The standard InChI is InChI=1S/C27H29N3O4/c31-27(32-19-21-7-3-1-4-8-21)28-18-24(22-11-12-25-26(17-22)34-20-33-25)30-15-13-29(14-16-30)23-9-5-2-6-10-23/h1-12,17,24H,13-16,18-20H2,(H,28,31). The first kappa shape index (κ1) is 22.1. The summed E-state index contributed by atoms with van der Waals surface area (Å²) in [6.07, 6.45) is -0.419. The van der Waals surface area contributed by atoms with Gasteiger partial charge in [-0.15, -0.1) is 0 Å². The molecule has 2 aliphatic rings. The van der Waals surface area contributed by atoms with Gasteiger partial charge in [0.05, 0.1) is 6.04 Å². The van der Waals surface area contributed by atoms with Crippen LogP contribution in [0.15, 0.2) is 78.9 Å². The van der Waals surface area contributed by atoms with Crippen LogP contribution in [0.25, 0.3) is 0 Å². The van der Waals surface area contributed by atoms with E-state index in [0.717, 1.165) is 48.8 Å². The van der Waals surface area contributed by atoms with Gasteiger partial charge >= 0.3 is 6.09 Å². The number of amides is 1. The average Bonchev–Trinajstić information content (AvgIpc) is 3.37. The van der Waals surface area contributed by atoms with Crippen LogP contribution in [-0.4, -0.2) is 50.5 Å². The quantitative estimate of drug-likeness (QED) is 0.571. The third-order valence-electron chi connectivity index (χ3n) is 6.31. The molecule has 1 unspecified atom stereocenters. The van der Waals surface area contributed by atoms with Crippen molar-refractivity contribution in [3.05, 3.63) is 90.0 Å². The highest BCUT2D eigenvalue weighted by molar-refractivity contribution is 5.67. The Balaban J connectivity index is 1.25. The van der Waals surface area contributed by atoms with E-state index in [0.29, 0.717) is 6.54 Å². The number of para-hydroxylation sites is 1. The van der Waals surface area contributed by atoms with Gasteiger partial charge in [0.15, 0.2) is 11.5 Å². The smallest absolute Gasteiger partial charge is 0.407 e. The maximum atomic E-state index is 12.5. The van der Waals surface area contributed by atoms with Crippen LogP contribution in [0.2, 0.25) is 0 Å². The molecule has 0 saturated carbocycles. The molecule has 34 heavy (non-hydrogen) atoms. The van der Waals surface area contributed by atoms with Crippen molar-refractivity contribution in [1.82, 2.24) is 10.2 Å². The van der Waals surface area contributed by atoms with E-state index in [4.69, 9.17) is 14.2 Å². The van der Waals surface area contributed by atoms with Gasteiger partial charge in [0.1, 0.15) is 6.61 Å². The lowest BCUT2D eigenvalue weighted by Gasteiger charge is -2.40. The van der Waals surface area contributed by atoms with E-state index in [-0.39, 0.29) is 19.4 Å². The molecule has 2 heterocycles. The Labute approximate surface area is 199 Å². The van der Waals surface area contributed by atoms with E-state index >= 15 is 0 Å². The van der Waals surface area contributed by atoms with Crippen molar-refractivity contribution in [2.75, 3.05) is 44.4 Å². The van der Waals surface area contributed by atoms with Crippen LogP contribution in [0.1, 0.15) is 17.2 Å². The highest BCUT2D eigenvalue weighted by Gasteiger charge is 2.27. The number of rotatable bonds is 7. The molecule has 0 spiro atoms. The van der Waals surface area contributed by atoms with E-state index in [1.54, 1.807) is 0 Å². The van der Waals surface area contributed by atoms with Gasteiger partial charge in [-0.1, -0.05) is 54.6 Å². The molecule has 0 bridgehead atoms. The molecule has 0 radical (unpaired) electrons. The lowest BCUT2D eigenvalue weighted by molar-refractivity contribution is 0.130. The SMILES string of the molecule is O=C(NCC(c1ccc2c(c1)OCO2)N1CCN(c2ccccc2)CC1)OCc1ccccc1. The summed E-state index contributed by atoms with van der Waals surface area (Å²) in [6, 6.07) is 26.2. The molecule has 7 nitrogen and oxygen atoms in total. The first-order chi connectivity index (χ1) is 16.8. The second-order valence-corrected chi connectivity index (χ2v) is 8.43. The number of hydrogen-bond donors (Lipinski definition) is 1. The molecule has 1 atom stereocenters. The molecule has 3 aromatic rings. The van der Waals surface area contributed by atoms with Gasteiger partial charge in [0.2, 0.25) is 6.79 Å². The van der Waals surface area contributed by atoms with Crippen LogP contribution < -0.4 is 19.7 Å². The third kappa shape index (κ3) is 5.26. The summed E-state index contributed by atoms with van der Waals surface area (Å²) >= 11 is 0. The number of hydrogen-bond acceptors (Lipinski definition) is 6. The Kier molecular flexibility index (Phi) is 6.81. The van der Waals surface area contributed by atoms with Gasteiger partial charge < -0.3 is 24.4 Å². The van der Waals surface area contributed by atoms with Crippen molar-refractivity contribution >= 4 is 11.8 Å². The number of nitrogens with one attached hydrogen (secondary N) is 1. The summed E-state index contributed by atoms with van der Waals surface area (Å²) in [5.41, 5.74) is 3.28. The maximum absolute atomic E-state index is 12.5. The van der Waals surface area contributed by atoms with E-state index in [9.17, 15) is 4.79 Å². The normalized spacial score (nSPS) is 16.2. The Hall–Kier alpha value is -3.71. The first-order valence-corrected chi connectivity index (χ1v) is 11.6. The summed E-state index contributed by atoms with van der Waals surface area (Å²) in [5.74, 6) is 1.50. The molecule has 1 N–H and O–H groups in total. The largest absolute Gasteiger partial charge is 0.454 e. The summed E-state index contributed by atoms with van der Waals surface area (Å²) in [4.78, 5) is 17.3. The minimum Gasteiger partial charge on any atom is -0.454 e. The van der Waals surface area contributed by atoms with Crippen molar-refractivity contribution in [2.24, 2.45) is 0 Å². The van der Waals surface area contributed by atoms with E-state index in [2.05, 4.69) is 45.4 Å². The van der Waals surface area contributed by atoms with E-state index < -0.39 is 6.09 Å². The second kappa shape index (κ2) is 10.5. The van der Waals surface area contributed by atoms with Gasteiger partial charge in [0.25, 0.3) is 0 Å². The van der Waals surface area contributed by atoms with Crippen molar-refractivity contribution in [3.8, 4) is 11.5 Å². The molecular formula is C27H29N3O4. The fourth-order valence-corrected chi connectivity index (χ4v) is 4.46. The Morgan fingerprint density at radius 3 is 2.35 bits per heavy atom. The minimum atomic E-state index is -0.419. The zero-order chi connectivity index (χ0) is 23.2. The summed E-state index contributed by atoms with van der Waals surface area (Å²) in [7, 11) is 0. The van der Waals surface area contributed by atoms with Crippen LogP contribution in [0.3, 0.4) is 0 Å². The second-order valence-electron chi connectivity index (χ2n) is 8.43. The molecule has 1 saturated heterocycles. The molecular weight excluding hydrogens is 430 g/mol. The van der Waals surface area contributed by atoms with Gasteiger partial charge in [-0.2, -0.15) is 0 Å². The Morgan fingerprint density at radius 1 is 0.882 bits per heavy atom. The molecule has 176 valence electrons. The summed E-state index contributed by atoms with van der Waals surface area (Å²) in [5, 5.41) is 2.97. The highest BCUT2D eigenvalue weighted by Crippen LogP contribution is 2.35. The lowest BCUT2D eigenvalue weighted by Crippen LogP contribution is -2.50. The number of alkyl carbamates (subject to hydrolysis) is 1. The van der Waals surface area contributed by atoms with E-state index in [1.165, 1.54) is 5.69 Å². The number of carbonyl (C=O) groups excluding carboxylic acids is 1. The van der Waals surface area contributed by atoms with Crippen LogP contribution in [0, 0.1) is 0 Å². The Bertz CT molecular complexity index is 1090. The van der Waals surface area contributed by atoms with Crippen molar-refractivity contribution in [3.63, 3.8) is 0 Å². The summed E-state index contributed by atoms with van der Waals surface area (Å²) in [6.45, 7) is 4.54. The molecule has 2 aliphatic heterocycles. The van der Waals surface area contributed by atoms with Gasteiger partial charge in [-0.3, -0.25) is 4.90 Å². The van der Waals surface area contributed by atoms with Crippen molar-refractivity contribution in [2.45, 2.75) is 12.6 Å². The number of anilines is 1. The lowest BCUT2D eigenvalue weighted by atomic mass is 10.0. The third-order valence-corrected chi connectivity index (χ3v) is 6.31. The van der Waals surface area contributed by atoms with Crippen molar-refractivity contribution < 1.29 is 19.0 Å². The fraction of sp³-hybridized carbons (Fsp3) is 0.296. The van der Waals surface area contributed by atoms with Gasteiger partial charge in [-0.25, -0.2) is 4.79 Å². The zero-order valence-electron chi connectivity index (χ0n) is 19.1. The fourth-order valence-electron chi connectivity index (χ4n) is 4.46. The zero-order valence-corrected chi connectivity index (χ0v) is 19.1. The minimum absolute atomic E-state index is 0.00306. The van der Waals surface area contributed by atoms with Crippen LogP contribution in [0.5, 0.6) is 11.5 Å². The molecule has 7 heteroatoms. The molecule has 1 fully saturated rings. The van der Waals surface area contributed by atoms with E-state index in [1.807, 2.05) is 48.5 Å². The number of benzene rings is 3. The number of ether oxygens (including phenoxy) is 3. The number of nitrogens with zero attached hydrogens (tertiary/aromatic N) is 2. The van der Waals surface area contributed by atoms with Crippen LogP contribution >= 0.6 is 0 Å². The number of fused-ring (bicyclic) bond motifs is 1. The molecule has 0 aliphatic carbocycles. The van der Waals surface area contributed by atoms with Crippen molar-refractivity contribution in [1.29, 1.82) is 0 Å².